The molecule has 56 heavy (non-hydrogen) atoms. The van der Waals surface area contributed by atoms with Crippen molar-refractivity contribution in [2.24, 2.45) is 0 Å². The van der Waals surface area contributed by atoms with Gasteiger partial charge in [0.15, 0.2) is 5.82 Å². The van der Waals surface area contributed by atoms with Crippen molar-refractivity contribution in [2.45, 2.75) is 26.2 Å². The van der Waals surface area contributed by atoms with Crippen LogP contribution in [0.15, 0.2) is 164 Å². The van der Waals surface area contributed by atoms with Gasteiger partial charge in [-0.3, -0.25) is 9.13 Å². The Morgan fingerprint density at radius 2 is 0.946 bits per heavy atom. The van der Waals surface area contributed by atoms with E-state index in [1.807, 2.05) is 79.1 Å². The van der Waals surface area contributed by atoms with E-state index in [2.05, 4.69) is 106 Å². The van der Waals surface area contributed by atoms with Crippen LogP contribution in [0.5, 0.6) is 23.0 Å². The maximum absolute atomic E-state index is 6.97. The normalized spacial score (nSPS) is 12.1. The quantitative estimate of drug-likeness (QED) is 0.147. The van der Waals surface area contributed by atoms with Crippen LogP contribution in [-0.2, 0) is 0 Å². The summed E-state index contributed by atoms with van der Waals surface area (Å²) in [6, 6.07) is 47.2. The van der Waals surface area contributed by atoms with Crippen LogP contribution in [-0.4, -0.2) is 29.1 Å². The Balaban J connectivity index is 1.14. The van der Waals surface area contributed by atoms with Crippen LogP contribution in [0, 0.1) is 0 Å². The molecule has 0 aliphatic carbocycles. The smallest absolute Gasteiger partial charge is 0.159 e. The Hall–Kier alpha value is -7.32. The lowest BCUT2D eigenvalue weighted by Gasteiger charge is -2.21. The number of pyridine rings is 2. The minimum Gasteiger partial charge on any atom is -0.457 e. The number of hydrogen-bond acceptors (Lipinski definition) is 6. The molecule has 0 bridgehead atoms. The van der Waals surface area contributed by atoms with E-state index >= 15 is 0 Å². The molecule has 10 aromatic rings. The van der Waals surface area contributed by atoms with Gasteiger partial charge < -0.3 is 9.47 Å². The average molecular weight is 729 g/mol. The lowest BCUT2D eigenvalue weighted by atomic mass is 9.94. The number of rotatable bonds is 9. The molecule has 0 radical (unpaired) electrons. The summed E-state index contributed by atoms with van der Waals surface area (Å²) < 4.78 is 18.3. The SMILES string of the molecule is CCC(C)c1c(Oc2ccc3c4ccccc4n(-c4ccccn4)c3c2)cc(-c2ncccn2)cc1Oc1ccc2c3ccccc3n(-c3ccccn3)c2c1. The van der Waals surface area contributed by atoms with E-state index < -0.39 is 0 Å². The fraction of sp³-hybridized carbons (Fsp3) is 0.0833. The molecule has 270 valence electrons. The summed E-state index contributed by atoms with van der Waals surface area (Å²) in [6.07, 6.45) is 8.02. The zero-order valence-corrected chi connectivity index (χ0v) is 30.9. The van der Waals surface area contributed by atoms with Crippen LogP contribution < -0.4 is 9.47 Å². The predicted molar refractivity (Wildman–Crippen MR) is 223 cm³/mol. The second-order valence-corrected chi connectivity index (χ2v) is 13.9. The Labute approximate surface area is 323 Å². The third-order valence-electron chi connectivity index (χ3n) is 10.5. The highest BCUT2D eigenvalue weighted by molar-refractivity contribution is 6.10. The van der Waals surface area contributed by atoms with Crippen molar-refractivity contribution in [2.75, 3.05) is 0 Å². The van der Waals surface area contributed by atoms with Gasteiger partial charge >= 0.3 is 0 Å². The molecule has 1 unspecified atom stereocenters. The second-order valence-electron chi connectivity index (χ2n) is 13.9. The van der Waals surface area contributed by atoms with Gasteiger partial charge in [0.05, 0.1) is 22.1 Å². The van der Waals surface area contributed by atoms with E-state index in [0.29, 0.717) is 28.8 Å². The van der Waals surface area contributed by atoms with E-state index in [1.165, 1.54) is 0 Å². The van der Waals surface area contributed by atoms with Gasteiger partial charge in [0.25, 0.3) is 0 Å². The average Bonchev–Trinajstić information content (AvgIpc) is 3.76. The summed E-state index contributed by atoms with van der Waals surface area (Å²) in [5.41, 5.74) is 5.91. The van der Waals surface area contributed by atoms with Crippen molar-refractivity contribution >= 4 is 43.6 Å². The first-order chi connectivity index (χ1) is 27.6. The minimum atomic E-state index is 0.0955. The molecule has 5 aromatic carbocycles. The predicted octanol–water partition coefficient (Wildman–Crippen LogP) is 12.2. The molecule has 8 nitrogen and oxygen atoms in total. The van der Waals surface area contributed by atoms with Crippen LogP contribution in [0.2, 0.25) is 0 Å². The minimum absolute atomic E-state index is 0.0955. The molecule has 0 N–H and O–H groups in total. The Morgan fingerprint density at radius 3 is 1.43 bits per heavy atom. The molecule has 0 saturated heterocycles. The van der Waals surface area contributed by atoms with E-state index in [0.717, 1.165) is 72.8 Å². The van der Waals surface area contributed by atoms with Gasteiger partial charge in [-0.05, 0) is 91.2 Å². The van der Waals surface area contributed by atoms with Crippen molar-refractivity contribution in [1.29, 1.82) is 0 Å². The van der Waals surface area contributed by atoms with E-state index in [-0.39, 0.29) is 5.92 Å². The summed E-state index contributed by atoms with van der Waals surface area (Å²) in [4.78, 5) is 18.7. The Kier molecular flexibility index (Phi) is 8.21. The Bertz CT molecular complexity index is 2850. The fourth-order valence-corrected chi connectivity index (χ4v) is 7.78. The molecular formula is C48H36N6O2. The van der Waals surface area contributed by atoms with Crippen molar-refractivity contribution in [3.05, 3.63) is 170 Å². The third kappa shape index (κ3) is 5.70. The van der Waals surface area contributed by atoms with Crippen molar-refractivity contribution in [3.8, 4) is 46.0 Å². The number of nitrogens with zero attached hydrogens (tertiary/aromatic N) is 6. The van der Waals surface area contributed by atoms with Gasteiger partial charge in [0, 0.05) is 69.6 Å². The standard InChI is InChI=1S/C48H36N6O2/c1-3-31(2)47-43(55-33-19-21-37-35-13-4-6-15-39(35)53(41(37)29-33)45-17-8-10-23-49-45)27-32(48-51-25-12-26-52-48)28-44(47)56-34-20-22-38-36-14-5-7-16-40(36)54(42(38)30-34)46-18-9-11-24-50-46/h4-31H,3H2,1-2H3. The number of aromatic nitrogens is 6. The number of fused-ring (bicyclic) bond motifs is 6. The molecule has 0 spiro atoms. The van der Waals surface area contributed by atoms with E-state index in [4.69, 9.17) is 19.4 Å². The van der Waals surface area contributed by atoms with E-state index in [1.54, 1.807) is 12.4 Å². The monoisotopic (exact) mass is 728 g/mol. The highest BCUT2D eigenvalue weighted by Gasteiger charge is 2.23. The molecule has 8 heteroatoms. The molecule has 0 amide bonds. The van der Waals surface area contributed by atoms with Crippen LogP contribution >= 0.6 is 0 Å². The summed E-state index contributed by atoms with van der Waals surface area (Å²) in [5.74, 6) is 5.11. The molecule has 0 fully saturated rings. The second kappa shape index (κ2) is 13.8. The topological polar surface area (TPSA) is 79.9 Å². The van der Waals surface area contributed by atoms with Crippen LogP contribution in [0.4, 0.5) is 0 Å². The van der Waals surface area contributed by atoms with Crippen LogP contribution in [0.1, 0.15) is 31.7 Å². The number of para-hydroxylation sites is 2. The molecule has 0 saturated carbocycles. The van der Waals surface area contributed by atoms with E-state index in [9.17, 15) is 0 Å². The third-order valence-corrected chi connectivity index (χ3v) is 10.5. The zero-order valence-electron chi connectivity index (χ0n) is 30.9. The summed E-state index contributed by atoms with van der Waals surface area (Å²) in [5, 5.41) is 4.54. The van der Waals surface area contributed by atoms with Crippen molar-refractivity contribution in [3.63, 3.8) is 0 Å². The van der Waals surface area contributed by atoms with Crippen LogP contribution in [0.3, 0.4) is 0 Å². The lowest BCUT2D eigenvalue weighted by molar-refractivity contribution is 0.441. The molecule has 5 heterocycles. The highest BCUT2D eigenvalue weighted by atomic mass is 16.5. The lowest BCUT2D eigenvalue weighted by Crippen LogP contribution is -2.02. The Morgan fingerprint density at radius 1 is 0.482 bits per heavy atom. The molecule has 0 aliphatic heterocycles. The molecule has 1 atom stereocenters. The highest BCUT2D eigenvalue weighted by Crippen LogP contribution is 2.45. The first-order valence-corrected chi connectivity index (χ1v) is 18.8. The van der Waals surface area contributed by atoms with Crippen LogP contribution in [0.25, 0.3) is 66.6 Å². The molecule has 10 rings (SSSR count). The van der Waals surface area contributed by atoms with Gasteiger partial charge in [-0.1, -0.05) is 62.4 Å². The van der Waals surface area contributed by atoms with Crippen molar-refractivity contribution < 1.29 is 9.47 Å². The fourth-order valence-electron chi connectivity index (χ4n) is 7.78. The first-order valence-electron chi connectivity index (χ1n) is 18.8. The van der Waals surface area contributed by atoms with Crippen molar-refractivity contribution in [1.82, 2.24) is 29.1 Å². The number of benzene rings is 5. The first kappa shape index (κ1) is 33.3. The molecule has 0 aliphatic rings. The zero-order chi connectivity index (χ0) is 37.6. The van der Waals surface area contributed by atoms with Gasteiger partial charge in [-0.25, -0.2) is 19.9 Å². The summed E-state index contributed by atoms with van der Waals surface area (Å²) >= 11 is 0. The maximum atomic E-state index is 6.97. The van der Waals surface area contributed by atoms with Gasteiger partial charge in [-0.15, -0.1) is 0 Å². The maximum Gasteiger partial charge on any atom is 0.159 e. The number of hydrogen-bond donors (Lipinski definition) is 0. The molecular weight excluding hydrogens is 693 g/mol. The summed E-state index contributed by atoms with van der Waals surface area (Å²) in [6.45, 7) is 4.39. The van der Waals surface area contributed by atoms with Gasteiger partial charge in [-0.2, -0.15) is 0 Å². The number of ether oxygens (including phenoxy) is 2. The van der Waals surface area contributed by atoms with Gasteiger partial charge in [0.2, 0.25) is 0 Å². The summed E-state index contributed by atoms with van der Waals surface area (Å²) in [7, 11) is 0. The van der Waals surface area contributed by atoms with Gasteiger partial charge in [0.1, 0.15) is 34.6 Å². The largest absolute Gasteiger partial charge is 0.457 e. The molecule has 5 aromatic heterocycles.